The maximum atomic E-state index is 10.0. The van der Waals surface area contributed by atoms with E-state index in [4.69, 9.17) is 0 Å². The van der Waals surface area contributed by atoms with Gasteiger partial charge in [0.2, 0.25) is 0 Å². The van der Waals surface area contributed by atoms with Crippen molar-refractivity contribution in [2.45, 2.75) is 58.1 Å². The smallest absolute Gasteiger partial charge is 0.0743 e. The highest BCUT2D eigenvalue weighted by Crippen LogP contribution is 2.16. The van der Waals surface area contributed by atoms with Crippen LogP contribution in [-0.2, 0) is 0 Å². The van der Waals surface area contributed by atoms with Crippen molar-refractivity contribution in [1.82, 2.24) is 10.2 Å². The molecule has 3 nitrogen and oxygen atoms in total. The van der Waals surface area contributed by atoms with Crippen LogP contribution in [-0.4, -0.2) is 47.8 Å². The standard InChI is InChI=1S/C13H28N2O/c1-4-8-14-12-6-9-15(10-7-12)11-13(3,16)5-2/h12,14,16H,4-11H2,1-3H3. The van der Waals surface area contributed by atoms with Crippen LogP contribution < -0.4 is 5.32 Å². The van der Waals surface area contributed by atoms with Crippen molar-refractivity contribution in [3.05, 3.63) is 0 Å². The summed E-state index contributed by atoms with van der Waals surface area (Å²) >= 11 is 0. The third kappa shape index (κ3) is 4.81. The van der Waals surface area contributed by atoms with Crippen molar-refractivity contribution in [2.24, 2.45) is 0 Å². The van der Waals surface area contributed by atoms with E-state index in [0.29, 0.717) is 6.04 Å². The molecule has 3 heteroatoms. The van der Waals surface area contributed by atoms with E-state index in [2.05, 4.69) is 24.1 Å². The first-order chi connectivity index (χ1) is 7.57. The zero-order valence-electron chi connectivity index (χ0n) is 11.1. The van der Waals surface area contributed by atoms with Gasteiger partial charge in [-0.05, 0) is 52.2 Å². The monoisotopic (exact) mass is 228 g/mol. The van der Waals surface area contributed by atoms with Gasteiger partial charge in [-0.15, -0.1) is 0 Å². The summed E-state index contributed by atoms with van der Waals surface area (Å²) in [5, 5.41) is 13.6. The van der Waals surface area contributed by atoms with Gasteiger partial charge in [-0.2, -0.15) is 0 Å². The number of aliphatic hydroxyl groups is 1. The summed E-state index contributed by atoms with van der Waals surface area (Å²) < 4.78 is 0. The van der Waals surface area contributed by atoms with Gasteiger partial charge < -0.3 is 15.3 Å². The van der Waals surface area contributed by atoms with Crippen LogP contribution >= 0.6 is 0 Å². The number of hydrogen-bond donors (Lipinski definition) is 2. The van der Waals surface area contributed by atoms with Crippen LogP contribution in [0.25, 0.3) is 0 Å². The Kier molecular flexibility index (Phi) is 5.73. The summed E-state index contributed by atoms with van der Waals surface area (Å²) in [6.07, 6.45) is 4.49. The first-order valence-electron chi connectivity index (χ1n) is 6.75. The second-order valence-electron chi connectivity index (χ2n) is 5.36. The average Bonchev–Trinajstić information content (AvgIpc) is 2.28. The fourth-order valence-electron chi connectivity index (χ4n) is 2.24. The highest BCUT2D eigenvalue weighted by atomic mass is 16.3. The van der Waals surface area contributed by atoms with Crippen LogP contribution in [0.3, 0.4) is 0 Å². The summed E-state index contributed by atoms with van der Waals surface area (Å²) in [6.45, 7) is 10.4. The molecule has 1 saturated heterocycles. The average molecular weight is 228 g/mol. The Morgan fingerprint density at radius 3 is 2.44 bits per heavy atom. The minimum absolute atomic E-state index is 0.510. The third-order valence-electron chi connectivity index (χ3n) is 3.60. The summed E-state index contributed by atoms with van der Waals surface area (Å²) in [7, 11) is 0. The molecule has 16 heavy (non-hydrogen) atoms. The van der Waals surface area contributed by atoms with Gasteiger partial charge in [0, 0.05) is 12.6 Å². The number of nitrogens with one attached hydrogen (secondary N) is 1. The Balaban J connectivity index is 2.21. The largest absolute Gasteiger partial charge is 0.389 e. The van der Waals surface area contributed by atoms with Crippen molar-refractivity contribution in [1.29, 1.82) is 0 Å². The van der Waals surface area contributed by atoms with E-state index in [1.54, 1.807) is 0 Å². The Labute approximate surface area is 100 Å². The summed E-state index contributed by atoms with van der Waals surface area (Å²) in [5.41, 5.74) is -0.510. The Hall–Kier alpha value is -0.120. The van der Waals surface area contributed by atoms with E-state index in [1.165, 1.54) is 19.3 Å². The molecule has 1 aliphatic heterocycles. The number of piperidine rings is 1. The maximum absolute atomic E-state index is 10.0. The van der Waals surface area contributed by atoms with E-state index < -0.39 is 5.60 Å². The van der Waals surface area contributed by atoms with E-state index in [9.17, 15) is 5.11 Å². The zero-order valence-corrected chi connectivity index (χ0v) is 11.1. The second kappa shape index (κ2) is 6.58. The van der Waals surface area contributed by atoms with Crippen LogP contribution in [0.1, 0.15) is 46.5 Å². The molecule has 0 bridgehead atoms. The molecule has 0 aromatic rings. The summed E-state index contributed by atoms with van der Waals surface area (Å²) in [6, 6.07) is 0.697. The van der Waals surface area contributed by atoms with Crippen LogP contribution in [0.5, 0.6) is 0 Å². The molecule has 0 aromatic heterocycles. The van der Waals surface area contributed by atoms with Crippen molar-refractivity contribution >= 4 is 0 Å². The molecule has 1 fully saturated rings. The summed E-state index contributed by atoms with van der Waals surface area (Å²) in [5.74, 6) is 0. The fourth-order valence-corrected chi connectivity index (χ4v) is 2.24. The van der Waals surface area contributed by atoms with Gasteiger partial charge >= 0.3 is 0 Å². The SMILES string of the molecule is CCCNC1CCN(CC(C)(O)CC)CC1. The summed E-state index contributed by atoms with van der Waals surface area (Å²) in [4.78, 5) is 2.40. The second-order valence-corrected chi connectivity index (χ2v) is 5.36. The van der Waals surface area contributed by atoms with Crippen LogP contribution in [0.4, 0.5) is 0 Å². The van der Waals surface area contributed by atoms with Gasteiger partial charge in [0.25, 0.3) is 0 Å². The zero-order chi connectivity index (χ0) is 12.0. The molecule has 0 aromatic carbocycles. The lowest BCUT2D eigenvalue weighted by atomic mass is 9.99. The van der Waals surface area contributed by atoms with Gasteiger partial charge in [0.15, 0.2) is 0 Å². The number of hydrogen-bond acceptors (Lipinski definition) is 3. The van der Waals surface area contributed by atoms with Crippen molar-refractivity contribution in [3.8, 4) is 0 Å². The quantitative estimate of drug-likeness (QED) is 0.725. The highest BCUT2D eigenvalue weighted by molar-refractivity contribution is 4.82. The van der Waals surface area contributed by atoms with E-state index in [-0.39, 0.29) is 0 Å². The molecule has 2 N–H and O–H groups in total. The molecule has 96 valence electrons. The molecule has 0 radical (unpaired) electrons. The third-order valence-corrected chi connectivity index (χ3v) is 3.60. The van der Waals surface area contributed by atoms with Crippen LogP contribution in [0.2, 0.25) is 0 Å². The van der Waals surface area contributed by atoms with Crippen molar-refractivity contribution in [2.75, 3.05) is 26.2 Å². The molecule has 0 aliphatic carbocycles. The van der Waals surface area contributed by atoms with Gasteiger partial charge in [-0.3, -0.25) is 0 Å². The van der Waals surface area contributed by atoms with E-state index in [1.807, 2.05) is 6.92 Å². The Bertz CT molecular complexity index is 186. The number of β-amino-alcohol motifs (C(OH)–C–C–N with tert-alkyl or cyclic N) is 1. The number of likely N-dealkylation sites (tertiary alicyclic amines) is 1. The van der Waals surface area contributed by atoms with E-state index >= 15 is 0 Å². The van der Waals surface area contributed by atoms with Gasteiger partial charge in [0.05, 0.1) is 5.60 Å². The predicted molar refractivity (Wildman–Crippen MR) is 68.7 cm³/mol. The van der Waals surface area contributed by atoms with Crippen LogP contribution in [0.15, 0.2) is 0 Å². The molecular formula is C13H28N2O. The molecule has 1 atom stereocenters. The molecule has 0 saturated carbocycles. The van der Waals surface area contributed by atoms with Gasteiger partial charge in [-0.25, -0.2) is 0 Å². The first kappa shape index (κ1) is 13.9. The normalized spacial score (nSPS) is 23.2. The maximum Gasteiger partial charge on any atom is 0.0743 e. The van der Waals surface area contributed by atoms with Crippen molar-refractivity contribution in [3.63, 3.8) is 0 Å². The minimum Gasteiger partial charge on any atom is -0.389 e. The molecule has 1 aliphatic rings. The molecular weight excluding hydrogens is 200 g/mol. The number of nitrogens with zero attached hydrogens (tertiary/aromatic N) is 1. The highest BCUT2D eigenvalue weighted by Gasteiger charge is 2.25. The lowest BCUT2D eigenvalue weighted by molar-refractivity contribution is 0.00867. The topological polar surface area (TPSA) is 35.5 Å². The molecule has 1 rings (SSSR count). The van der Waals surface area contributed by atoms with E-state index in [0.717, 1.165) is 32.6 Å². The minimum atomic E-state index is -0.510. The Morgan fingerprint density at radius 1 is 1.31 bits per heavy atom. The first-order valence-corrected chi connectivity index (χ1v) is 6.75. The van der Waals surface area contributed by atoms with Crippen molar-refractivity contribution < 1.29 is 5.11 Å². The predicted octanol–water partition coefficient (Wildman–Crippen LogP) is 1.61. The lowest BCUT2D eigenvalue weighted by Gasteiger charge is -2.36. The fraction of sp³-hybridized carbons (Fsp3) is 1.00. The molecule has 1 heterocycles. The molecule has 0 spiro atoms. The number of rotatable bonds is 6. The van der Waals surface area contributed by atoms with Gasteiger partial charge in [0.1, 0.15) is 0 Å². The van der Waals surface area contributed by atoms with Gasteiger partial charge in [-0.1, -0.05) is 13.8 Å². The lowest BCUT2D eigenvalue weighted by Crippen LogP contribution is -2.47. The molecule has 1 unspecified atom stereocenters. The van der Waals surface area contributed by atoms with Crippen LogP contribution in [0, 0.1) is 0 Å². The Morgan fingerprint density at radius 2 is 1.94 bits per heavy atom. The molecule has 0 amide bonds.